The Labute approximate surface area is 126 Å². The molecule has 0 unspecified atom stereocenters. The van der Waals surface area contributed by atoms with Crippen LogP contribution in [0.5, 0.6) is 0 Å². The van der Waals surface area contributed by atoms with Gasteiger partial charge in [-0.25, -0.2) is 4.72 Å². The monoisotopic (exact) mass is 340 g/mol. The van der Waals surface area contributed by atoms with E-state index in [2.05, 4.69) is 4.74 Å². The molecule has 1 aromatic rings. The Morgan fingerprint density at radius 2 is 1.82 bits per heavy atom. The summed E-state index contributed by atoms with van der Waals surface area (Å²) in [5.41, 5.74) is -0.539. The molecular weight excluding hydrogens is 325 g/mol. The molecular formula is C12H15F3N2O4S. The molecule has 124 valence electrons. The second-order valence-electron chi connectivity index (χ2n) is 4.25. The van der Waals surface area contributed by atoms with E-state index in [0.29, 0.717) is 5.56 Å². The summed E-state index contributed by atoms with van der Waals surface area (Å²) in [6.07, 6.45) is -4.47. The average Bonchev–Trinajstić information content (AvgIpc) is 2.46. The molecule has 0 aliphatic carbocycles. The normalized spacial score (nSPS) is 12.5. The largest absolute Gasteiger partial charge is 0.468 e. The minimum absolute atomic E-state index is 0.267. The van der Waals surface area contributed by atoms with Crippen molar-refractivity contribution >= 4 is 16.2 Å². The van der Waals surface area contributed by atoms with E-state index in [1.165, 1.54) is 0 Å². The summed E-state index contributed by atoms with van der Waals surface area (Å²) in [6.45, 7) is -0.822. The van der Waals surface area contributed by atoms with E-state index >= 15 is 0 Å². The van der Waals surface area contributed by atoms with Crippen molar-refractivity contribution in [3.8, 4) is 0 Å². The van der Waals surface area contributed by atoms with Crippen molar-refractivity contribution < 1.29 is 31.1 Å². The zero-order valence-electron chi connectivity index (χ0n) is 11.8. The van der Waals surface area contributed by atoms with Crippen molar-refractivity contribution in [3.63, 3.8) is 0 Å². The summed E-state index contributed by atoms with van der Waals surface area (Å²) in [7, 11) is -1.68. The first-order chi connectivity index (χ1) is 10.1. The van der Waals surface area contributed by atoms with Gasteiger partial charge in [0.15, 0.2) is 0 Å². The van der Waals surface area contributed by atoms with E-state index in [9.17, 15) is 26.4 Å². The van der Waals surface area contributed by atoms with Crippen molar-refractivity contribution in [3.05, 3.63) is 35.4 Å². The Morgan fingerprint density at radius 1 is 1.27 bits per heavy atom. The number of esters is 1. The van der Waals surface area contributed by atoms with Crippen LogP contribution in [0, 0.1) is 0 Å². The highest BCUT2D eigenvalue weighted by Crippen LogP contribution is 2.29. The van der Waals surface area contributed by atoms with Gasteiger partial charge in [-0.05, 0) is 17.7 Å². The lowest BCUT2D eigenvalue weighted by molar-refractivity contribution is -0.141. The predicted octanol–water partition coefficient (Wildman–Crippen LogP) is 1.14. The molecule has 0 aliphatic heterocycles. The fourth-order valence-electron chi connectivity index (χ4n) is 1.57. The molecule has 0 saturated heterocycles. The van der Waals surface area contributed by atoms with Crippen LogP contribution < -0.4 is 4.72 Å². The maximum atomic E-state index is 12.5. The van der Waals surface area contributed by atoms with Crippen molar-refractivity contribution in [2.24, 2.45) is 0 Å². The molecule has 0 radical (unpaired) electrons. The van der Waals surface area contributed by atoms with Crippen molar-refractivity contribution in [1.29, 1.82) is 0 Å². The molecule has 1 rings (SSSR count). The number of hydrogen-bond acceptors (Lipinski definition) is 4. The van der Waals surface area contributed by atoms with Crippen LogP contribution in [0.1, 0.15) is 11.1 Å². The fraction of sp³-hybridized carbons (Fsp3) is 0.417. The lowest BCUT2D eigenvalue weighted by Crippen LogP contribution is -2.41. The van der Waals surface area contributed by atoms with Crippen LogP contribution in [0.25, 0.3) is 0 Å². The second-order valence-corrected chi connectivity index (χ2v) is 6.12. The van der Waals surface area contributed by atoms with Gasteiger partial charge in [0.25, 0.3) is 10.2 Å². The molecule has 0 spiro atoms. The van der Waals surface area contributed by atoms with Crippen molar-refractivity contribution in [1.82, 2.24) is 9.03 Å². The summed E-state index contributed by atoms with van der Waals surface area (Å²) in [5, 5.41) is 0. The van der Waals surface area contributed by atoms with Gasteiger partial charge in [-0.3, -0.25) is 4.79 Å². The van der Waals surface area contributed by atoms with Crippen molar-refractivity contribution in [2.75, 3.05) is 20.7 Å². The molecule has 0 amide bonds. The van der Waals surface area contributed by atoms with Crippen molar-refractivity contribution in [2.45, 2.75) is 12.7 Å². The predicted molar refractivity (Wildman–Crippen MR) is 71.8 cm³/mol. The Morgan fingerprint density at radius 3 is 2.23 bits per heavy atom. The Kier molecular flexibility index (Phi) is 5.92. The standard InChI is InChI=1S/C12H15F3N2O4S/c1-16-22(19,20)17(8-11(18)21-2)7-9-3-5-10(6-4-9)12(13,14)15/h3-6,16H,7-8H2,1-2H3. The smallest absolute Gasteiger partial charge is 0.416 e. The first kappa shape index (κ1) is 18.4. The molecule has 1 N–H and O–H groups in total. The van der Waals surface area contributed by atoms with Crippen LogP contribution in [-0.4, -0.2) is 39.4 Å². The molecule has 0 saturated carbocycles. The Hall–Kier alpha value is -1.65. The molecule has 0 fully saturated rings. The number of hydrogen-bond donors (Lipinski definition) is 1. The summed E-state index contributed by atoms with van der Waals surface area (Å²) in [6, 6.07) is 3.99. The number of ether oxygens (including phenoxy) is 1. The lowest BCUT2D eigenvalue weighted by Gasteiger charge is -2.20. The van der Waals surface area contributed by atoms with Crippen LogP contribution in [0.3, 0.4) is 0 Å². The number of benzene rings is 1. The van der Waals surface area contributed by atoms with E-state index in [1.54, 1.807) is 0 Å². The first-order valence-electron chi connectivity index (χ1n) is 6.01. The van der Waals surface area contributed by atoms with Gasteiger partial charge < -0.3 is 4.74 Å². The third-order valence-corrected chi connectivity index (χ3v) is 4.23. The second kappa shape index (κ2) is 7.07. The Balaban J connectivity index is 2.97. The highest BCUT2D eigenvalue weighted by molar-refractivity contribution is 7.87. The molecule has 22 heavy (non-hydrogen) atoms. The van der Waals surface area contributed by atoms with Crippen LogP contribution >= 0.6 is 0 Å². The summed E-state index contributed by atoms with van der Waals surface area (Å²) >= 11 is 0. The van der Waals surface area contributed by atoms with Gasteiger partial charge in [-0.15, -0.1) is 0 Å². The van der Waals surface area contributed by atoms with E-state index in [0.717, 1.165) is 42.7 Å². The third-order valence-electron chi connectivity index (χ3n) is 2.77. The summed E-state index contributed by atoms with van der Waals surface area (Å²) in [4.78, 5) is 11.3. The Bertz CT molecular complexity index is 614. The van der Waals surface area contributed by atoms with Crippen LogP contribution in [-0.2, 0) is 32.5 Å². The van der Waals surface area contributed by atoms with Gasteiger partial charge in [0.2, 0.25) is 0 Å². The molecule has 10 heteroatoms. The maximum absolute atomic E-state index is 12.5. The molecule has 0 aliphatic rings. The quantitative estimate of drug-likeness (QED) is 0.788. The first-order valence-corrected chi connectivity index (χ1v) is 7.45. The highest BCUT2D eigenvalue weighted by atomic mass is 32.2. The number of alkyl halides is 3. The molecule has 0 bridgehead atoms. The minimum atomic E-state index is -4.47. The van der Waals surface area contributed by atoms with Gasteiger partial charge in [-0.2, -0.15) is 25.9 Å². The fourth-order valence-corrected chi connectivity index (χ4v) is 2.42. The van der Waals surface area contributed by atoms with E-state index in [4.69, 9.17) is 0 Å². The summed E-state index contributed by atoms with van der Waals surface area (Å²) < 4.78 is 68.2. The topological polar surface area (TPSA) is 75.7 Å². The molecule has 0 heterocycles. The van der Waals surface area contributed by atoms with Gasteiger partial charge in [0.05, 0.1) is 12.7 Å². The van der Waals surface area contributed by atoms with Crippen LogP contribution in [0.2, 0.25) is 0 Å². The van der Waals surface area contributed by atoms with E-state index in [-0.39, 0.29) is 6.54 Å². The van der Waals surface area contributed by atoms with E-state index < -0.39 is 34.5 Å². The van der Waals surface area contributed by atoms with Gasteiger partial charge in [-0.1, -0.05) is 12.1 Å². The van der Waals surface area contributed by atoms with E-state index in [1.807, 2.05) is 4.72 Å². The molecule has 1 aromatic carbocycles. The molecule has 0 aromatic heterocycles. The maximum Gasteiger partial charge on any atom is 0.416 e. The number of halogens is 3. The van der Waals surface area contributed by atoms with Crippen LogP contribution in [0.4, 0.5) is 13.2 Å². The van der Waals surface area contributed by atoms with Gasteiger partial charge in [0, 0.05) is 13.6 Å². The van der Waals surface area contributed by atoms with Gasteiger partial charge in [0.1, 0.15) is 6.54 Å². The number of nitrogens with zero attached hydrogens (tertiary/aromatic N) is 1. The zero-order chi connectivity index (χ0) is 17.0. The lowest BCUT2D eigenvalue weighted by atomic mass is 10.1. The number of carbonyl (C=O) groups excluding carboxylic acids is 1. The average molecular weight is 340 g/mol. The number of rotatable bonds is 6. The summed E-state index contributed by atoms with van der Waals surface area (Å²) in [5.74, 6) is -0.786. The minimum Gasteiger partial charge on any atom is -0.468 e. The number of methoxy groups -OCH3 is 1. The molecule has 6 nitrogen and oxygen atoms in total. The third kappa shape index (κ3) is 4.97. The van der Waals surface area contributed by atoms with Gasteiger partial charge >= 0.3 is 12.1 Å². The highest BCUT2D eigenvalue weighted by Gasteiger charge is 2.30. The van der Waals surface area contributed by atoms with Crippen LogP contribution in [0.15, 0.2) is 24.3 Å². The zero-order valence-corrected chi connectivity index (χ0v) is 12.7. The SMILES string of the molecule is CNS(=O)(=O)N(CC(=O)OC)Cc1ccc(C(F)(F)F)cc1. The number of carbonyl (C=O) groups is 1. The molecule has 0 atom stereocenters. The number of nitrogens with one attached hydrogen (secondary N) is 1.